The highest BCUT2D eigenvalue weighted by molar-refractivity contribution is 7.80. The van der Waals surface area contributed by atoms with Crippen LogP contribution in [-0.4, -0.2) is 17.4 Å². The van der Waals surface area contributed by atoms with E-state index >= 15 is 0 Å². The Morgan fingerprint density at radius 1 is 1.50 bits per heavy atom. The minimum Gasteiger partial charge on any atom is -0.392 e. The van der Waals surface area contributed by atoms with Crippen LogP contribution in [0.1, 0.15) is 26.7 Å². The van der Waals surface area contributed by atoms with E-state index in [1.165, 1.54) is 0 Å². The van der Waals surface area contributed by atoms with Crippen LogP contribution in [0, 0.1) is 5.92 Å². The molecular weight excluding hydrogens is 172 g/mol. The van der Waals surface area contributed by atoms with Crippen LogP contribution in [0.15, 0.2) is 0 Å². The fourth-order valence-corrected chi connectivity index (χ4v) is 1.05. The van der Waals surface area contributed by atoms with Gasteiger partial charge in [0, 0.05) is 5.92 Å². The van der Waals surface area contributed by atoms with Crippen molar-refractivity contribution in [2.24, 2.45) is 11.7 Å². The first-order valence-corrected chi connectivity index (χ1v) is 4.58. The summed E-state index contributed by atoms with van der Waals surface area (Å²) in [6.07, 6.45) is 1.72. The molecule has 0 unspecified atom stereocenters. The van der Waals surface area contributed by atoms with Crippen molar-refractivity contribution in [1.82, 2.24) is 5.32 Å². The van der Waals surface area contributed by atoms with Gasteiger partial charge in [0.2, 0.25) is 5.91 Å². The van der Waals surface area contributed by atoms with Gasteiger partial charge in [-0.05, 0) is 12.8 Å². The molecule has 0 radical (unpaired) electrons. The average Bonchev–Trinajstić information content (AvgIpc) is 2.03. The molecule has 4 heteroatoms. The molecule has 0 heterocycles. The zero-order valence-electron chi connectivity index (χ0n) is 7.59. The van der Waals surface area contributed by atoms with Crippen molar-refractivity contribution in [3.63, 3.8) is 0 Å². The SMILES string of the molecule is CCC(CC)C(=O)NCC(N)=S. The second-order valence-corrected chi connectivity index (χ2v) is 3.22. The Bertz CT molecular complexity index is 166. The lowest BCUT2D eigenvalue weighted by Crippen LogP contribution is -2.36. The van der Waals surface area contributed by atoms with Crippen LogP contribution in [0.25, 0.3) is 0 Å². The third-order valence-electron chi connectivity index (χ3n) is 1.79. The van der Waals surface area contributed by atoms with Crippen molar-refractivity contribution in [2.75, 3.05) is 6.54 Å². The zero-order valence-corrected chi connectivity index (χ0v) is 8.41. The molecule has 0 rings (SSSR count). The lowest BCUT2D eigenvalue weighted by Gasteiger charge is -2.11. The first kappa shape index (κ1) is 11.4. The summed E-state index contributed by atoms with van der Waals surface area (Å²) in [7, 11) is 0. The Balaban J connectivity index is 3.77. The number of rotatable bonds is 5. The maximum atomic E-state index is 11.3. The van der Waals surface area contributed by atoms with Crippen LogP contribution in [-0.2, 0) is 4.79 Å². The normalized spacial score (nSPS) is 9.92. The molecular formula is C8H16N2OS. The van der Waals surface area contributed by atoms with Crippen molar-refractivity contribution >= 4 is 23.1 Å². The summed E-state index contributed by atoms with van der Waals surface area (Å²) in [5.74, 6) is 0.146. The molecule has 0 aromatic carbocycles. The Labute approximate surface area is 78.7 Å². The number of thiocarbonyl (C=S) groups is 1. The Kier molecular flexibility index (Phi) is 5.62. The summed E-state index contributed by atoms with van der Waals surface area (Å²) < 4.78 is 0. The monoisotopic (exact) mass is 188 g/mol. The maximum Gasteiger partial charge on any atom is 0.223 e. The number of hydrogen-bond donors (Lipinski definition) is 2. The molecule has 0 spiro atoms. The van der Waals surface area contributed by atoms with Crippen molar-refractivity contribution in [1.29, 1.82) is 0 Å². The van der Waals surface area contributed by atoms with Crippen LogP contribution >= 0.6 is 12.2 Å². The first-order chi connectivity index (χ1) is 5.61. The second kappa shape index (κ2) is 5.94. The summed E-state index contributed by atoms with van der Waals surface area (Å²) >= 11 is 4.64. The van der Waals surface area contributed by atoms with Gasteiger partial charge in [0.15, 0.2) is 0 Å². The van der Waals surface area contributed by atoms with Gasteiger partial charge in [-0.25, -0.2) is 0 Å². The van der Waals surface area contributed by atoms with Crippen LogP contribution in [0.4, 0.5) is 0 Å². The predicted octanol–water partition coefficient (Wildman–Crippen LogP) is 0.825. The molecule has 12 heavy (non-hydrogen) atoms. The number of carbonyl (C=O) groups excluding carboxylic acids is 1. The molecule has 0 aliphatic rings. The molecule has 0 aromatic heterocycles. The van der Waals surface area contributed by atoms with Crippen molar-refractivity contribution in [3.05, 3.63) is 0 Å². The van der Waals surface area contributed by atoms with Crippen LogP contribution < -0.4 is 11.1 Å². The van der Waals surface area contributed by atoms with E-state index in [1.54, 1.807) is 0 Å². The summed E-state index contributed by atoms with van der Waals surface area (Å²) in [5.41, 5.74) is 5.24. The van der Waals surface area contributed by atoms with Gasteiger partial charge in [-0.2, -0.15) is 0 Å². The third-order valence-corrected chi connectivity index (χ3v) is 1.94. The van der Waals surface area contributed by atoms with E-state index in [4.69, 9.17) is 5.73 Å². The summed E-state index contributed by atoms with van der Waals surface area (Å²) in [5, 5.41) is 2.68. The minimum atomic E-state index is 0.0489. The van der Waals surface area contributed by atoms with Crippen LogP contribution in [0.5, 0.6) is 0 Å². The molecule has 1 amide bonds. The van der Waals surface area contributed by atoms with Gasteiger partial charge in [-0.3, -0.25) is 4.79 Å². The molecule has 0 atom stereocenters. The molecule has 0 aliphatic heterocycles. The van der Waals surface area contributed by atoms with Gasteiger partial charge in [0.25, 0.3) is 0 Å². The van der Waals surface area contributed by atoms with Gasteiger partial charge in [-0.15, -0.1) is 0 Å². The van der Waals surface area contributed by atoms with E-state index in [2.05, 4.69) is 17.5 Å². The molecule has 3 N–H and O–H groups in total. The molecule has 3 nitrogen and oxygen atoms in total. The van der Waals surface area contributed by atoms with Crippen molar-refractivity contribution in [2.45, 2.75) is 26.7 Å². The average molecular weight is 188 g/mol. The highest BCUT2D eigenvalue weighted by Crippen LogP contribution is 2.06. The van der Waals surface area contributed by atoms with E-state index in [9.17, 15) is 4.79 Å². The topological polar surface area (TPSA) is 55.1 Å². The van der Waals surface area contributed by atoms with Gasteiger partial charge in [0.05, 0.1) is 11.5 Å². The third kappa shape index (κ3) is 4.28. The highest BCUT2D eigenvalue weighted by atomic mass is 32.1. The molecule has 0 aromatic rings. The van der Waals surface area contributed by atoms with Crippen LogP contribution in [0.2, 0.25) is 0 Å². The smallest absolute Gasteiger partial charge is 0.223 e. The summed E-state index contributed by atoms with van der Waals surface area (Å²) in [4.78, 5) is 11.6. The van der Waals surface area contributed by atoms with E-state index in [-0.39, 0.29) is 11.8 Å². The minimum absolute atomic E-state index is 0.0489. The van der Waals surface area contributed by atoms with Gasteiger partial charge >= 0.3 is 0 Å². The standard InChI is InChI=1S/C8H16N2OS/c1-3-6(4-2)8(11)10-5-7(9)12/h6H,3-5H2,1-2H3,(H2,9,12)(H,10,11). The Hall–Kier alpha value is -0.640. The molecule has 0 fully saturated rings. The number of amides is 1. The predicted molar refractivity (Wildman–Crippen MR) is 53.9 cm³/mol. The van der Waals surface area contributed by atoms with Crippen molar-refractivity contribution < 1.29 is 4.79 Å². The zero-order chi connectivity index (χ0) is 9.56. The first-order valence-electron chi connectivity index (χ1n) is 4.17. The van der Waals surface area contributed by atoms with E-state index in [0.29, 0.717) is 11.5 Å². The molecule has 0 aliphatic carbocycles. The maximum absolute atomic E-state index is 11.3. The number of nitrogens with two attached hydrogens (primary N) is 1. The largest absolute Gasteiger partial charge is 0.392 e. The Morgan fingerprint density at radius 2 is 2.00 bits per heavy atom. The molecule has 0 saturated carbocycles. The highest BCUT2D eigenvalue weighted by Gasteiger charge is 2.12. The molecule has 0 bridgehead atoms. The number of carbonyl (C=O) groups is 1. The summed E-state index contributed by atoms with van der Waals surface area (Å²) in [6.45, 7) is 4.30. The fraction of sp³-hybridized carbons (Fsp3) is 0.750. The van der Waals surface area contributed by atoms with E-state index < -0.39 is 0 Å². The van der Waals surface area contributed by atoms with Crippen LogP contribution in [0.3, 0.4) is 0 Å². The quantitative estimate of drug-likeness (QED) is 0.628. The molecule has 0 saturated heterocycles. The lowest BCUT2D eigenvalue weighted by atomic mass is 10.0. The van der Waals surface area contributed by atoms with Gasteiger partial charge in [0.1, 0.15) is 0 Å². The van der Waals surface area contributed by atoms with E-state index in [1.807, 2.05) is 13.8 Å². The fourth-order valence-electron chi connectivity index (χ4n) is 0.978. The van der Waals surface area contributed by atoms with Gasteiger partial charge in [-0.1, -0.05) is 26.1 Å². The van der Waals surface area contributed by atoms with E-state index in [0.717, 1.165) is 12.8 Å². The summed E-state index contributed by atoms with van der Waals surface area (Å²) in [6, 6.07) is 0. The van der Waals surface area contributed by atoms with Crippen molar-refractivity contribution in [3.8, 4) is 0 Å². The Morgan fingerprint density at radius 3 is 2.33 bits per heavy atom. The van der Waals surface area contributed by atoms with Gasteiger partial charge < -0.3 is 11.1 Å². The second-order valence-electron chi connectivity index (χ2n) is 2.70. The molecule has 70 valence electrons. The lowest BCUT2D eigenvalue weighted by molar-refractivity contribution is -0.124. The number of hydrogen-bond acceptors (Lipinski definition) is 2. The number of nitrogens with one attached hydrogen (secondary N) is 1.